The monoisotopic (exact) mass is 471 g/mol. The topological polar surface area (TPSA) is 90.4 Å². The van der Waals surface area contributed by atoms with Crippen LogP contribution in [0.15, 0.2) is 54.9 Å². The fraction of sp³-hybridized carbons (Fsp3) is 0.174. The van der Waals surface area contributed by atoms with E-state index in [9.17, 15) is 13.2 Å². The Labute approximate surface area is 192 Å². The maximum atomic E-state index is 12.9. The Hall–Kier alpha value is -4.28. The van der Waals surface area contributed by atoms with Crippen LogP contribution >= 0.6 is 0 Å². The third kappa shape index (κ3) is 4.87. The van der Waals surface area contributed by atoms with Crippen molar-refractivity contribution in [2.45, 2.75) is 6.18 Å². The Balaban J connectivity index is 1.56. The number of ether oxygens (including phenoxy) is 3. The lowest BCUT2D eigenvalue weighted by Gasteiger charge is -2.15. The standard InChI is InChI=1S/C23H20F3N5O3/c1-32-18-10-15(11-19(33-2)21(18)34-3)30-22-27-7-6-20(31-22)29-16-8-13-4-5-14(23(24,25)26)9-17(13)28-12-16/h4-12H,1-3H3,(H2,27,29,30,31). The van der Waals surface area contributed by atoms with E-state index in [1.54, 1.807) is 30.5 Å². The molecular formula is C23H20F3N5O3. The van der Waals surface area contributed by atoms with Gasteiger partial charge in [-0.2, -0.15) is 18.2 Å². The molecule has 0 bridgehead atoms. The van der Waals surface area contributed by atoms with Gasteiger partial charge in [0.15, 0.2) is 11.5 Å². The van der Waals surface area contributed by atoms with Crippen LogP contribution < -0.4 is 24.8 Å². The number of anilines is 4. The Kier molecular flexibility index (Phi) is 6.26. The Morgan fingerprint density at radius 1 is 0.794 bits per heavy atom. The number of nitrogens with one attached hydrogen (secondary N) is 2. The number of hydrogen-bond acceptors (Lipinski definition) is 8. The SMILES string of the molecule is COc1cc(Nc2nccc(Nc3cnc4cc(C(F)(F)F)ccc4c3)n2)cc(OC)c1OC. The van der Waals surface area contributed by atoms with Crippen LogP contribution in [0.2, 0.25) is 0 Å². The highest BCUT2D eigenvalue weighted by Gasteiger charge is 2.30. The van der Waals surface area contributed by atoms with Crippen molar-refractivity contribution in [3.8, 4) is 17.2 Å². The van der Waals surface area contributed by atoms with Crippen LogP contribution in [0.1, 0.15) is 5.56 Å². The molecule has 2 heterocycles. The smallest absolute Gasteiger partial charge is 0.416 e. The van der Waals surface area contributed by atoms with Crippen molar-refractivity contribution in [2.24, 2.45) is 0 Å². The predicted molar refractivity (Wildman–Crippen MR) is 121 cm³/mol. The minimum atomic E-state index is -4.42. The lowest BCUT2D eigenvalue weighted by Crippen LogP contribution is -2.04. The maximum Gasteiger partial charge on any atom is 0.416 e. The highest BCUT2D eigenvalue weighted by atomic mass is 19.4. The van der Waals surface area contributed by atoms with Crippen molar-refractivity contribution >= 4 is 34.0 Å². The summed E-state index contributed by atoms with van der Waals surface area (Å²) < 4.78 is 54.8. The van der Waals surface area contributed by atoms with Gasteiger partial charge in [-0.25, -0.2) is 4.98 Å². The number of hydrogen-bond donors (Lipinski definition) is 2. The highest BCUT2D eigenvalue weighted by molar-refractivity contribution is 5.83. The van der Waals surface area contributed by atoms with E-state index >= 15 is 0 Å². The first-order chi connectivity index (χ1) is 16.3. The summed E-state index contributed by atoms with van der Waals surface area (Å²) in [6.07, 6.45) is -1.42. The summed E-state index contributed by atoms with van der Waals surface area (Å²) in [5.41, 5.74) is 0.670. The van der Waals surface area contributed by atoms with Crippen LogP contribution in [0.4, 0.5) is 36.3 Å². The van der Waals surface area contributed by atoms with E-state index in [0.29, 0.717) is 45.8 Å². The van der Waals surface area contributed by atoms with Gasteiger partial charge in [0.25, 0.3) is 0 Å². The van der Waals surface area contributed by atoms with Gasteiger partial charge >= 0.3 is 6.18 Å². The second-order valence-corrected chi connectivity index (χ2v) is 7.06. The van der Waals surface area contributed by atoms with E-state index in [-0.39, 0.29) is 5.52 Å². The molecule has 0 fully saturated rings. The number of rotatable bonds is 7. The first-order valence-electron chi connectivity index (χ1n) is 9.95. The lowest BCUT2D eigenvalue weighted by molar-refractivity contribution is -0.137. The molecule has 0 atom stereocenters. The van der Waals surface area contributed by atoms with Crippen molar-refractivity contribution in [3.63, 3.8) is 0 Å². The van der Waals surface area contributed by atoms with Crippen LogP contribution in [0.5, 0.6) is 17.2 Å². The van der Waals surface area contributed by atoms with Gasteiger partial charge < -0.3 is 24.8 Å². The third-order valence-electron chi connectivity index (χ3n) is 4.86. The first kappa shape index (κ1) is 22.9. The second kappa shape index (κ2) is 9.30. The van der Waals surface area contributed by atoms with Gasteiger partial charge in [0, 0.05) is 29.4 Å². The number of benzene rings is 2. The van der Waals surface area contributed by atoms with Crippen LogP contribution in [-0.4, -0.2) is 36.3 Å². The Morgan fingerprint density at radius 3 is 2.18 bits per heavy atom. The van der Waals surface area contributed by atoms with Crippen LogP contribution in [-0.2, 0) is 6.18 Å². The molecule has 0 radical (unpaired) electrons. The summed E-state index contributed by atoms with van der Waals surface area (Å²) in [5, 5.41) is 6.72. The van der Waals surface area contributed by atoms with Crippen molar-refractivity contribution in [3.05, 3.63) is 60.4 Å². The number of halogens is 3. The molecule has 4 aromatic rings. The van der Waals surface area contributed by atoms with Gasteiger partial charge in [0.05, 0.1) is 44.3 Å². The van der Waals surface area contributed by atoms with Gasteiger partial charge in [-0.1, -0.05) is 6.07 Å². The number of pyridine rings is 1. The van der Waals surface area contributed by atoms with Gasteiger partial charge in [-0.3, -0.25) is 4.98 Å². The Bertz CT molecular complexity index is 1310. The van der Waals surface area contributed by atoms with E-state index in [1.165, 1.54) is 33.6 Å². The van der Waals surface area contributed by atoms with Crippen molar-refractivity contribution in [1.29, 1.82) is 0 Å². The fourth-order valence-electron chi connectivity index (χ4n) is 3.28. The van der Waals surface area contributed by atoms with Crippen molar-refractivity contribution < 1.29 is 27.4 Å². The zero-order valence-corrected chi connectivity index (χ0v) is 18.4. The van der Waals surface area contributed by atoms with Crippen LogP contribution in [0.25, 0.3) is 10.9 Å². The zero-order valence-electron chi connectivity index (χ0n) is 18.4. The maximum absolute atomic E-state index is 12.9. The molecule has 0 aliphatic heterocycles. The third-order valence-corrected chi connectivity index (χ3v) is 4.86. The molecule has 0 aliphatic rings. The summed E-state index contributed by atoms with van der Waals surface area (Å²) in [4.78, 5) is 12.8. The average Bonchev–Trinajstić information content (AvgIpc) is 2.82. The molecule has 8 nitrogen and oxygen atoms in total. The van der Waals surface area contributed by atoms with Crippen LogP contribution in [0, 0.1) is 0 Å². The van der Waals surface area contributed by atoms with Crippen molar-refractivity contribution in [1.82, 2.24) is 15.0 Å². The van der Waals surface area contributed by atoms with E-state index in [2.05, 4.69) is 25.6 Å². The van der Waals surface area contributed by atoms with Crippen LogP contribution in [0.3, 0.4) is 0 Å². The quantitative estimate of drug-likeness (QED) is 0.362. The summed E-state index contributed by atoms with van der Waals surface area (Å²) in [6, 6.07) is 10.2. The molecule has 176 valence electrons. The zero-order chi connectivity index (χ0) is 24.3. The number of nitrogens with zero attached hydrogens (tertiary/aromatic N) is 3. The molecule has 0 amide bonds. The normalized spacial score (nSPS) is 11.2. The molecule has 0 saturated heterocycles. The van der Waals surface area contributed by atoms with E-state index in [0.717, 1.165) is 12.1 Å². The average molecular weight is 471 g/mol. The predicted octanol–water partition coefficient (Wildman–Crippen LogP) is 5.56. The summed E-state index contributed by atoms with van der Waals surface area (Å²) >= 11 is 0. The summed E-state index contributed by atoms with van der Waals surface area (Å²) in [5.74, 6) is 2.14. The molecule has 34 heavy (non-hydrogen) atoms. The molecule has 4 rings (SSSR count). The molecule has 2 N–H and O–H groups in total. The van der Waals surface area contributed by atoms with Gasteiger partial charge in [0.2, 0.25) is 11.7 Å². The summed E-state index contributed by atoms with van der Waals surface area (Å²) in [6.45, 7) is 0. The Morgan fingerprint density at radius 2 is 1.53 bits per heavy atom. The molecule has 0 unspecified atom stereocenters. The number of aromatic nitrogens is 3. The highest BCUT2D eigenvalue weighted by Crippen LogP contribution is 2.40. The minimum absolute atomic E-state index is 0.243. The molecular weight excluding hydrogens is 451 g/mol. The molecule has 11 heteroatoms. The fourth-order valence-corrected chi connectivity index (χ4v) is 3.28. The molecule has 2 aromatic heterocycles. The van der Waals surface area contributed by atoms with Gasteiger partial charge in [-0.15, -0.1) is 0 Å². The summed E-state index contributed by atoms with van der Waals surface area (Å²) in [7, 11) is 4.55. The molecule has 0 spiro atoms. The van der Waals surface area contributed by atoms with Gasteiger partial charge in [-0.05, 0) is 24.3 Å². The molecule has 2 aromatic carbocycles. The van der Waals surface area contributed by atoms with Gasteiger partial charge in [0.1, 0.15) is 5.82 Å². The number of methoxy groups -OCH3 is 3. The number of fused-ring (bicyclic) bond motifs is 1. The minimum Gasteiger partial charge on any atom is -0.493 e. The molecule has 0 aliphatic carbocycles. The molecule has 0 saturated carbocycles. The van der Waals surface area contributed by atoms with E-state index in [1.807, 2.05) is 0 Å². The second-order valence-electron chi connectivity index (χ2n) is 7.06. The number of alkyl halides is 3. The van der Waals surface area contributed by atoms with Crippen molar-refractivity contribution in [2.75, 3.05) is 32.0 Å². The largest absolute Gasteiger partial charge is 0.493 e. The first-order valence-corrected chi connectivity index (χ1v) is 9.95. The van der Waals surface area contributed by atoms with E-state index < -0.39 is 11.7 Å². The lowest BCUT2D eigenvalue weighted by atomic mass is 10.1. The van der Waals surface area contributed by atoms with E-state index in [4.69, 9.17) is 14.2 Å².